The molecule has 0 amide bonds. The number of hydrogen-bond acceptors (Lipinski definition) is 4. The molecular formula is C23H22BrNO5S. The summed E-state index contributed by atoms with van der Waals surface area (Å²) in [6.45, 7) is 3.44. The molecule has 0 saturated carbocycles. The van der Waals surface area contributed by atoms with E-state index in [9.17, 15) is 18.3 Å². The Bertz CT molecular complexity index is 1250. The maximum absolute atomic E-state index is 13.3. The fourth-order valence-electron chi connectivity index (χ4n) is 3.41. The Morgan fingerprint density at radius 3 is 2.48 bits per heavy atom. The van der Waals surface area contributed by atoms with E-state index in [0.717, 1.165) is 15.6 Å². The molecule has 0 bridgehead atoms. The highest BCUT2D eigenvalue weighted by molar-refractivity contribution is 9.10. The second kappa shape index (κ2) is 9.11. The molecule has 0 heterocycles. The summed E-state index contributed by atoms with van der Waals surface area (Å²) >= 11 is 3.43. The number of rotatable bonds is 7. The largest absolute Gasteiger partial charge is 0.497 e. The fourth-order valence-corrected chi connectivity index (χ4v) is 5.23. The minimum absolute atomic E-state index is 0.0577. The molecule has 0 aromatic heterocycles. The fraction of sp³-hybridized carbons (Fsp3) is 0.174. The van der Waals surface area contributed by atoms with Crippen molar-refractivity contribution in [2.24, 2.45) is 0 Å². The Hall–Kier alpha value is -2.84. The summed E-state index contributed by atoms with van der Waals surface area (Å²) < 4.78 is 35.3. The first-order valence-electron chi connectivity index (χ1n) is 9.39. The highest BCUT2D eigenvalue weighted by Gasteiger charge is 2.23. The van der Waals surface area contributed by atoms with Gasteiger partial charge in [-0.1, -0.05) is 34.1 Å². The van der Waals surface area contributed by atoms with Gasteiger partial charge in [0.1, 0.15) is 5.75 Å². The summed E-state index contributed by atoms with van der Waals surface area (Å²) in [5.41, 5.74) is 2.68. The molecule has 0 radical (unpaired) electrons. The summed E-state index contributed by atoms with van der Waals surface area (Å²) in [7, 11) is -2.56. The Balaban J connectivity index is 2.09. The lowest BCUT2D eigenvalue weighted by Crippen LogP contribution is -2.18. The standard InChI is InChI=1S/C23H22BrNO5S/c1-14-9-15(2)22(20(10-14)23(26)27)25-31(28,29)21-8-7-19(30-3)13-17(21)11-16-5-4-6-18(24)12-16/h4-10,12-13,25H,11H2,1-3H3,(H,26,27). The summed E-state index contributed by atoms with van der Waals surface area (Å²) in [6.07, 6.45) is 0.353. The summed E-state index contributed by atoms with van der Waals surface area (Å²) in [5, 5.41) is 9.57. The molecule has 0 aliphatic carbocycles. The number of halogens is 1. The molecule has 0 saturated heterocycles. The van der Waals surface area contributed by atoms with Crippen molar-refractivity contribution in [2.45, 2.75) is 25.2 Å². The van der Waals surface area contributed by atoms with Gasteiger partial charge in [-0.25, -0.2) is 13.2 Å². The van der Waals surface area contributed by atoms with Crippen LogP contribution in [-0.4, -0.2) is 26.6 Å². The van der Waals surface area contributed by atoms with Crippen molar-refractivity contribution in [3.05, 3.63) is 86.9 Å². The van der Waals surface area contributed by atoms with E-state index in [4.69, 9.17) is 4.74 Å². The molecule has 0 aliphatic rings. The molecule has 0 aliphatic heterocycles. The summed E-state index contributed by atoms with van der Waals surface area (Å²) in [5.74, 6) is -0.671. The number of aryl methyl sites for hydroxylation is 2. The SMILES string of the molecule is COc1ccc(S(=O)(=O)Nc2c(C)cc(C)cc2C(=O)O)c(Cc2cccc(Br)c2)c1. The predicted molar refractivity (Wildman–Crippen MR) is 124 cm³/mol. The molecule has 0 spiro atoms. The van der Waals surface area contributed by atoms with Gasteiger partial charge in [-0.05, 0) is 78.9 Å². The minimum atomic E-state index is -4.07. The Kier molecular flexibility index (Phi) is 6.71. The Morgan fingerprint density at radius 1 is 1.10 bits per heavy atom. The molecule has 6 nitrogen and oxygen atoms in total. The van der Waals surface area contributed by atoms with Crippen LogP contribution in [0.5, 0.6) is 5.75 Å². The second-order valence-electron chi connectivity index (χ2n) is 7.20. The molecule has 0 atom stereocenters. The molecule has 3 aromatic carbocycles. The highest BCUT2D eigenvalue weighted by atomic mass is 79.9. The van der Waals surface area contributed by atoms with E-state index in [-0.39, 0.29) is 16.1 Å². The molecule has 3 aromatic rings. The van der Waals surface area contributed by atoms with E-state index < -0.39 is 16.0 Å². The van der Waals surface area contributed by atoms with E-state index in [1.807, 2.05) is 24.3 Å². The van der Waals surface area contributed by atoms with Crippen molar-refractivity contribution in [3.8, 4) is 5.75 Å². The normalized spacial score (nSPS) is 11.2. The zero-order chi connectivity index (χ0) is 22.8. The van der Waals surface area contributed by atoms with E-state index in [1.165, 1.54) is 19.2 Å². The second-order valence-corrected chi connectivity index (χ2v) is 9.76. The minimum Gasteiger partial charge on any atom is -0.497 e. The number of carbonyl (C=O) groups is 1. The quantitative estimate of drug-likeness (QED) is 0.464. The molecule has 162 valence electrons. The first-order chi connectivity index (χ1) is 14.6. The topological polar surface area (TPSA) is 92.7 Å². The van der Waals surface area contributed by atoms with Crippen molar-refractivity contribution in [1.29, 1.82) is 0 Å². The first-order valence-corrected chi connectivity index (χ1v) is 11.7. The summed E-state index contributed by atoms with van der Waals surface area (Å²) in [4.78, 5) is 11.8. The van der Waals surface area contributed by atoms with Crippen molar-refractivity contribution in [1.82, 2.24) is 0 Å². The molecular weight excluding hydrogens is 482 g/mol. The monoisotopic (exact) mass is 503 g/mol. The number of benzene rings is 3. The van der Waals surface area contributed by atoms with Crippen molar-refractivity contribution in [3.63, 3.8) is 0 Å². The third-order valence-electron chi connectivity index (χ3n) is 4.79. The van der Waals surface area contributed by atoms with E-state index in [2.05, 4.69) is 20.7 Å². The van der Waals surface area contributed by atoms with Gasteiger partial charge >= 0.3 is 5.97 Å². The van der Waals surface area contributed by atoms with Crippen LogP contribution in [0.25, 0.3) is 0 Å². The number of anilines is 1. The maximum Gasteiger partial charge on any atom is 0.337 e. The van der Waals surface area contributed by atoms with Crippen molar-refractivity contribution in [2.75, 3.05) is 11.8 Å². The predicted octanol–water partition coefficient (Wildman–Crippen LogP) is 5.16. The van der Waals surface area contributed by atoms with Crippen LogP contribution < -0.4 is 9.46 Å². The van der Waals surface area contributed by atoms with Crippen LogP contribution in [-0.2, 0) is 16.4 Å². The van der Waals surface area contributed by atoms with E-state index in [1.54, 1.807) is 32.0 Å². The van der Waals surface area contributed by atoms with Gasteiger partial charge in [0.05, 0.1) is 23.3 Å². The number of sulfonamides is 1. The molecule has 3 rings (SSSR count). The number of nitrogens with one attached hydrogen (secondary N) is 1. The number of ether oxygens (including phenoxy) is 1. The third kappa shape index (κ3) is 5.26. The van der Waals surface area contributed by atoms with Crippen molar-refractivity contribution >= 4 is 37.6 Å². The zero-order valence-corrected chi connectivity index (χ0v) is 19.7. The van der Waals surface area contributed by atoms with Crippen LogP contribution in [0.3, 0.4) is 0 Å². The van der Waals surface area contributed by atoms with E-state index >= 15 is 0 Å². The molecule has 31 heavy (non-hydrogen) atoms. The van der Waals surface area contributed by atoms with Crippen LogP contribution in [0.2, 0.25) is 0 Å². The van der Waals surface area contributed by atoms with Crippen LogP contribution >= 0.6 is 15.9 Å². The highest BCUT2D eigenvalue weighted by Crippen LogP contribution is 2.30. The van der Waals surface area contributed by atoms with Crippen LogP contribution in [0.15, 0.2) is 64.0 Å². The Labute approximate surface area is 190 Å². The van der Waals surface area contributed by atoms with Gasteiger partial charge in [0.15, 0.2) is 0 Å². The number of methoxy groups -OCH3 is 1. The van der Waals surface area contributed by atoms with Crippen molar-refractivity contribution < 1.29 is 23.1 Å². The molecule has 0 fully saturated rings. The average molecular weight is 504 g/mol. The maximum atomic E-state index is 13.3. The smallest absolute Gasteiger partial charge is 0.337 e. The Morgan fingerprint density at radius 2 is 1.84 bits per heavy atom. The number of carboxylic acid groups (broad SMARTS) is 1. The lowest BCUT2D eigenvalue weighted by molar-refractivity contribution is 0.0698. The third-order valence-corrected chi connectivity index (χ3v) is 6.73. The van der Waals surface area contributed by atoms with Crippen LogP contribution in [0.1, 0.15) is 32.6 Å². The van der Waals surface area contributed by atoms with Gasteiger partial charge in [0, 0.05) is 4.47 Å². The number of carboxylic acids is 1. The average Bonchev–Trinajstić information content (AvgIpc) is 2.69. The number of aromatic carboxylic acids is 1. The van der Waals surface area contributed by atoms with Gasteiger partial charge in [-0.15, -0.1) is 0 Å². The van der Waals surface area contributed by atoms with Gasteiger partial charge < -0.3 is 9.84 Å². The summed E-state index contributed by atoms with van der Waals surface area (Å²) in [6, 6.07) is 15.5. The molecule has 2 N–H and O–H groups in total. The number of hydrogen-bond donors (Lipinski definition) is 2. The lowest BCUT2D eigenvalue weighted by Gasteiger charge is -2.17. The molecule has 8 heteroatoms. The van der Waals surface area contributed by atoms with Gasteiger partial charge in [0.25, 0.3) is 10.0 Å². The van der Waals surface area contributed by atoms with Crippen LogP contribution in [0, 0.1) is 13.8 Å². The van der Waals surface area contributed by atoms with Crippen LogP contribution in [0.4, 0.5) is 5.69 Å². The van der Waals surface area contributed by atoms with Gasteiger partial charge in [0.2, 0.25) is 0 Å². The van der Waals surface area contributed by atoms with E-state index in [0.29, 0.717) is 23.3 Å². The zero-order valence-electron chi connectivity index (χ0n) is 17.3. The first kappa shape index (κ1) is 22.8. The molecule has 0 unspecified atom stereocenters. The lowest BCUT2D eigenvalue weighted by atomic mass is 10.0. The van der Waals surface area contributed by atoms with Gasteiger partial charge in [-0.2, -0.15) is 0 Å². The van der Waals surface area contributed by atoms with Gasteiger partial charge in [-0.3, -0.25) is 4.72 Å².